The van der Waals surface area contributed by atoms with Gasteiger partial charge < -0.3 is 29.2 Å². The maximum Gasteiger partial charge on any atom is 0.320 e. The zero-order valence-corrected chi connectivity index (χ0v) is 25.2. The van der Waals surface area contributed by atoms with E-state index in [-0.39, 0.29) is 18.5 Å². The third-order valence-corrected chi connectivity index (χ3v) is 9.03. The van der Waals surface area contributed by atoms with Crippen molar-refractivity contribution in [2.24, 2.45) is 0 Å². The molecule has 3 aromatic rings. The van der Waals surface area contributed by atoms with Crippen LogP contribution in [0.1, 0.15) is 17.7 Å². The first-order chi connectivity index (χ1) is 20.9. The fraction of sp³-hybridized carbons (Fsp3) is 0.455. The lowest BCUT2D eigenvalue weighted by Gasteiger charge is -2.41. The van der Waals surface area contributed by atoms with Crippen LogP contribution in [0, 0.1) is 6.57 Å². The largest absolute Gasteiger partial charge is 0.447 e. The van der Waals surface area contributed by atoms with Crippen molar-refractivity contribution < 1.29 is 9.53 Å². The van der Waals surface area contributed by atoms with Gasteiger partial charge in [0, 0.05) is 61.9 Å². The van der Waals surface area contributed by atoms with Crippen molar-refractivity contribution >= 4 is 28.2 Å². The Hall–Kier alpha value is -4.20. The first-order valence-electron chi connectivity index (χ1n) is 15.1. The summed E-state index contributed by atoms with van der Waals surface area (Å²) in [6.45, 7) is 17.0. The molecule has 2 saturated heterocycles. The molecule has 0 unspecified atom stereocenters. The molecule has 4 heterocycles. The minimum Gasteiger partial charge on any atom is -0.447 e. The number of anilines is 2. The molecule has 0 N–H and O–H groups in total. The average Bonchev–Trinajstić information content (AvgIpc) is 3.52. The Labute approximate surface area is 254 Å². The standard InChI is InChI=1S/C33H40N8O2/c1-5-31(42)41-18-17-40(21-26(41)19-34-2)32-28-14-16-39(30-12-8-10-24-9-6-7-11-27(24)30)22-29(28)35-33(36-32)43-23-38-15-13-25(20-38)37(3)4/h5-12,25-26H,1,13-23H2,3-4H3/t25-,26-/m0/s1. The van der Waals surface area contributed by atoms with Gasteiger partial charge >= 0.3 is 6.01 Å². The van der Waals surface area contributed by atoms with Gasteiger partial charge in [0.15, 0.2) is 0 Å². The van der Waals surface area contributed by atoms with Gasteiger partial charge in [0.1, 0.15) is 18.6 Å². The number of carbonyl (C=O) groups excluding carboxylic acids is 1. The van der Waals surface area contributed by atoms with E-state index in [0.29, 0.717) is 45.0 Å². The molecule has 6 rings (SSSR count). The van der Waals surface area contributed by atoms with Crippen LogP contribution >= 0.6 is 0 Å². The highest BCUT2D eigenvalue weighted by Crippen LogP contribution is 2.34. The first-order valence-corrected chi connectivity index (χ1v) is 15.1. The lowest BCUT2D eigenvalue weighted by molar-refractivity contribution is -0.128. The summed E-state index contributed by atoms with van der Waals surface area (Å²) in [7, 11) is 4.25. The number of likely N-dealkylation sites (tertiary alicyclic amines) is 1. The highest BCUT2D eigenvalue weighted by Gasteiger charge is 2.35. The van der Waals surface area contributed by atoms with Gasteiger partial charge in [0.25, 0.3) is 0 Å². The molecule has 0 radical (unpaired) electrons. The van der Waals surface area contributed by atoms with Crippen molar-refractivity contribution in [1.29, 1.82) is 0 Å². The second-order valence-corrected chi connectivity index (χ2v) is 11.9. The summed E-state index contributed by atoms with van der Waals surface area (Å²) in [6.07, 6.45) is 3.25. The Morgan fingerprint density at radius 2 is 1.93 bits per heavy atom. The molecule has 43 heavy (non-hydrogen) atoms. The maximum absolute atomic E-state index is 12.5. The average molecular weight is 581 g/mol. The number of nitrogens with zero attached hydrogens (tertiary/aromatic N) is 8. The Morgan fingerprint density at radius 1 is 1.09 bits per heavy atom. The molecule has 10 nitrogen and oxygen atoms in total. The monoisotopic (exact) mass is 580 g/mol. The number of carbonyl (C=O) groups is 1. The molecule has 3 aliphatic rings. The van der Waals surface area contributed by atoms with Gasteiger partial charge in [-0.2, -0.15) is 9.97 Å². The summed E-state index contributed by atoms with van der Waals surface area (Å²) in [6, 6.07) is 15.6. The number of ether oxygens (including phenoxy) is 1. The normalized spacial score (nSPS) is 20.7. The summed E-state index contributed by atoms with van der Waals surface area (Å²) >= 11 is 0. The van der Waals surface area contributed by atoms with Crippen molar-refractivity contribution in [3.8, 4) is 6.01 Å². The fourth-order valence-electron chi connectivity index (χ4n) is 6.62. The van der Waals surface area contributed by atoms with Crippen molar-refractivity contribution in [2.45, 2.75) is 31.5 Å². The predicted octanol–water partition coefficient (Wildman–Crippen LogP) is 3.29. The number of amides is 1. The van der Waals surface area contributed by atoms with Crippen LogP contribution in [0.25, 0.3) is 15.6 Å². The Morgan fingerprint density at radius 3 is 2.72 bits per heavy atom. The summed E-state index contributed by atoms with van der Waals surface area (Å²) in [4.78, 5) is 37.1. The molecule has 2 atom stereocenters. The molecular formula is C33H40N8O2. The number of hydrogen-bond donors (Lipinski definition) is 0. The highest BCUT2D eigenvalue weighted by atomic mass is 16.5. The smallest absolute Gasteiger partial charge is 0.320 e. The molecule has 0 saturated carbocycles. The SMILES string of the molecule is [C-]#[N+]C[C@H]1CN(c2nc(OCN3CC[C@H](N(C)C)C3)nc3c2CCN(c2cccc4ccccc24)C3)CCN1C(=O)C=C. The van der Waals surface area contributed by atoms with E-state index in [1.165, 1.54) is 22.5 Å². The van der Waals surface area contributed by atoms with Crippen molar-refractivity contribution in [3.05, 3.63) is 77.8 Å². The molecule has 10 heteroatoms. The van der Waals surface area contributed by atoms with Crippen LogP contribution < -0.4 is 14.5 Å². The Kier molecular flexibility index (Phi) is 8.45. The van der Waals surface area contributed by atoms with Crippen LogP contribution in [0.15, 0.2) is 55.1 Å². The van der Waals surface area contributed by atoms with Crippen LogP contribution in [0.2, 0.25) is 0 Å². The predicted molar refractivity (Wildman–Crippen MR) is 169 cm³/mol. The molecule has 2 fully saturated rings. The summed E-state index contributed by atoms with van der Waals surface area (Å²) < 4.78 is 6.29. The molecule has 0 spiro atoms. The van der Waals surface area contributed by atoms with Crippen molar-refractivity contribution in [2.75, 3.05) is 76.4 Å². The minimum absolute atomic E-state index is 0.130. The van der Waals surface area contributed by atoms with E-state index < -0.39 is 0 Å². The first kappa shape index (κ1) is 28.9. The van der Waals surface area contributed by atoms with Crippen LogP contribution in [-0.4, -0.2) is 109 Å². The summed E-state index contributed by atoms with van der Waals surface area (Å²) in [5, 5.41) is 2.45. The zero-order chi connectivity index (χ0) is 29.9. The van der Waals surface area contributed by atoms with E-state index in [9.17, 15) is 4.79 Å². The second kappa shape index (κ2) is 12.6. The molecular weight excluding hydrogens is 540 g/mol. The second-order valence-electron chi connectivity index (χ2n) is 11.9. The van der Waals surface area contributed by atoms with Crippen molar-refractivity contribution in [3.63, 3.8) is 0 Å². The molecule has 1 amide bonds. The quantitative estimate of drug-likeness (QED) is 0.297. The number of aromatic nitrogens is 2. The zero-order valence-electron chi connectivity index (χ0n) is 25.2. The number of benzene rings is 2. The van der Waals surface area contributed by atoms with E-state index in [1.54, 1.807) is 4.90 Å². The Bertz CT molecular complexity index is 1530. The van der Waals surface area contributed by atoms with Gasteiger partial charge in [0.2, 0.25) is 12.5 Å². The van der Waals surface area contributed by atoms with E-state index in [1.807, 2.05) is 0 Å². The van der Waals surface area contributed by atoms with Crippen LogP contribution in [0.4, 0.5) is 11.5 Å². The Balaban J connectivity index is 1.30. The van der Waals surface area contributed by atoms with Gasteiger partial charge in [0.05, 0.1) is 12.2 Å². The van der Waals surface area contributed by atoms with E-state index in [4.69, 9.17) is 21.3 Å². The van der Waals surface area contributed by atoms with Gasteiger partial charge in [-0.25, -0.2) is 6.57 Å². The number of piperazine rings is 1. The fourth-order valence-corrected chi connectivity index (χ4v) is 6.62. The molecule has 0 bridgehead atoms. The van der Waals surface area contributed by atoms with Gasteiger partial charge in [-0.1, -0.05) is 43.0 Å². The third kappa shape index (κ3) is 6.01. The number of rotatable bonds is 8. The highest BCUT2D eigenvalue weighted by molar-refractivity contribution is 5.94. The van der Waals surface area contributed by atoms with Crippen LogP contribution in [0.3, 0.4) is 0 Å². The summed E-state index contributed by atoms with van der Waals surface area (Å²) in [5.41, 5.74) is 3.30. The van der Waals surface area contributed by atoms with E-state index in [0.717, 1.165) is 49.6 Å². The third-order valence-electron chi connectivity index (χ3n) is 9.03. The lowest BCUT2D eigenvalue weighted by Crippen LogP contribution is -2.56. The van der Waals surface area contributed by atoms with Gasteiger partial charge in [-0.15, -0.1) is 0 Å². The lowest BCUT2D eigenvalue weighted by atomic mass is 10.0. The van der Waals surface area contributed by atoms with E-state index in [2.05, 4.69) is 87.6 Å². The van der Waals surface area contributed by atoms with Crippen LogP contribution in [-0.2, 0) is 17.8 Å². The minimum atomic E-state index is -0.227. The summed E-state index contributed by atoms with van der Waals surface area (Å²) in [5.74, 6) is 0.736. The molecule has 2 aromatic carbocycles. The topological polar surface area (TPSA) is 72.6 Å². The molecule has 1 aromatic heterocycles. The number of likely N-dealkylation sites (N-methyl/N-ethyl adjacent to an activating group) is 1. The molecule has 0 aliphatic carbocycles. The molecule has 3 aliphatic heterocycles. The van der Waals surface area contributed by atoms with Gasteiger partial charge in [-0.05, 0) is 44.5 Å². The van der Waals surface area contributed by atoms with E-state index >= 15 is 0 Å². The molecule has 224 valence electrons. The van der Waals surface area contributed by atoms with Crippen molar-refractivity contribution in [1.82, 2.24) is 24.7 Å². The maximum atomic E-state index is 12.5. The van der Waals surface area contributed by atoms with Crippen LogP contribution in [0.5, 0.6) is 6.01 Å². The number of hydrogen-bond acceptors (Lipinski definition) is 8. The van der Waals surface area contributed by atoms with Gasteiger partial charge in [-0.3, -0.25) is 9.69 Å². The number of fused-ring (bicyclic) bond motifs is 2.